The van der Waals surface area contributed by atoms with Gasteiger partial charge < -0.3 is 20.9 Å². The van der Waals surface area contributed by atoms with Crippen LogP contribution < -0.4 is 20.9 Å². The van der Waals surface area contributed by atoms with E-state index in [4.69, 9.17) is 11.6 Å². The molecule has 174 valence electrons. The second kappa shape index (κ2) is 12.9. The minimum absolute atomic E-state index is 0. The molecule has 8 heteroatoms. The maximum Gasteiger partial charge on any atom is 0.226 e. The summed E-state index contributed by atoms with van der Waals surface area (Å²) in [6.45, 7) is 6.80. The van der Waals surface area contributed by atoms with Crippen molar-refractivity contribution < 1.29 is 4.79 Å². The lowest BCUT2D eigenvalue weighted by Crippen LogP contribution is -2.40. The number of guanidine groups is 1. The Morgan fingerprint density at radius 3 is 2.62 bits per heavy atom. The predicted octanol–water partition coefficient (Wildman–Crippen LogP) is 5.12. The Balaban J connectivity index is 0.00000363. The average molecular weight is 570 g/mol. The topological polar surface area (TPSA) is 68.8 Å². The Morgan fingerprint density at radius 2 is 1.94 bits per heavy atom. The van der Waals surface area contributed by atoms with Gasteiger partial charge in [0.2, 0.25) is 5.91 Å². The normalized spacial score (nSPS) is 14.5. The number of nitrogens with one attached hydrogen (secondary N) is 3. The van der Waals surface area contributed by atoms with Crippen LogP contribution in [0.25, 0.3) is 0 Å². The monoisotopic (exact) mass is 569 g/mol. The Morgan fingerprint density at radius 1 is 1.19 bits per heavy atom. The largest absolute Gasteiger partial charge is 0.372 e. The molecular weight excluding hydrogens is 537 g/mol. The van der Waals surface area contributed by atoms with Gasteiger partial charge in [-0.05, 0) is 62.1 Å². The van der Waals surface area contributed by atoms with Gasteiger partial charge in [-0.3, -0.25) is 9.79 Å². The van der Waals surface area contributed by atoms with Crippen LogP contribution in [0.3, 0.4) is 0 Å². The lowest BCUT2D eigenvalue weighted by molar-refractivity contribution is -0.116. The van der Waals surface area contributed by atoms with E-state index >= 15 is 0 Å². The molecule has 0 aromatic heterocycles. The molecule has 2 aromatic rings. The number of hydrogen-bond donors (Lipinski definition) is 3. The van der Waals surface area contributed by atoms with E-state index in [1.807, 2.05) is 25.1 Å². The van der Waals surface area contributed by atoms with Crippen LogP contribution >= 0.6 is 35.6 Å². The van der Waals surface area contributed by atoms with Crippen molar-refractivity contribution in [3.8, 4) is 0 Å². The third-order valence-electron chi connectivity index (χ3n) is 5.46. The SMILES string of the molecule is CN=C(NCCC(=O)Nc1ccc(C)cc1Cl)NC(C)c1cccc(N2CCCC2)c1.I. The molecule has 1 amide bonds. The Hall–Kier alpha value is -2.00. The molecule has 0 saturated carbocycles. The van der Waals surface area contributed by atoms with Crippen molar-refractivity contribution in [3.05, 3.63) is 58.6 Å². The first kappa shape index (κ1) is 26.3. The first-order valence-electron chi connectivity index (χ1n) is 10.8. The van der Waals surface area contributed by atoms with Gasteiger partial charge in [-0.1, -0.05) is 29.8 Å². The van der Waals surface area contributed by atoms with Crippen LogP contribution in [0.2, 0.25) is 5.02 Å². The van der Waals surface area contributed by atoms with Crippen LogP contribution in [0.4, 0.5) is 11.4 Å². The molecule has 32 heavy (non-hydrogen) atoms. The molecule has 0 bridgehead atoms. The number of benzene rings is 2. The van der Waals surface area contributed by atoms with Crippen molar-refractivity contribution in [2.24, 2.45) is 4.99 Å². The number of rotatable bonds is 7. The second-order valence-electron chi connectivity index (χ2n) is 7.94. The number of carbonyl (C=O) groups excluding carboxylic acids is 1. The van der Waals surface area contributed by atoms with Gasteiger partial charge in [0.25, 0.3) is 0 Å². The van der Waals surface area contributed by atoms with Crippen LogP contribution in [0.15, 0.2) is 47.5 Å². The van der Waals surface area contributed by atoms with Gasteiger partial charge in [-0.2, -0.15) is 0 Å². The van der Waals surface area contributed by atoms with E-state index in [0.29, 0.717) is 29.6 Å². The number of hydrogen-bond acceptors (Lipinski definition) is 3. The van der Waals surface area contributed by atoms with Gasteiger partial charge in [-0.15, -0.1) is 24.0 Å². The minimum Gasteiger partial charge on any atom is -0.372 e. The van der Waals surface area contributed by atoms with Gasteiger partial charge in [0.05, 0.1) is 16.8 Å². The molecule has 1 fully saturated rings. The van der Waals surface area contributed by atoms with Gasteiger partial charge >= 0.3 is 0 Å². The summed E-state index contributed by atoms with van der Waals surface area (Å²) in [5.74, 6) is 0.570. The molecule has 1 heterocycles. The molecule has 1 saturated heterocycles. The first-order valence-corrected chi connectivity index (χ1v) is 11.2. The van der Waals surface area contributed by atoms with Crippen LogP contribution in [0, 0.1) is 6.92 Å². The minimum atomic E-state index is -0.0972. The number of aliphatic imine (C=N–C) groups is 1. The maximum absolute atomic E-state index is 12.3. The van der Waals surface area contributed by atoms with E-state index in [0.717, 1.165) is 18.7 Å². The molecular formula is C24H33ClIN5O. The smallest absolute Gasteiger partial charge is 0.226 e. The summed E-state index contributed by atoms with van der Waals surface area (Å²) in [7, 11) is 1.73. The zero-order valence-electron chi connectivity index (χ0n) is 19.0. The molecule has 1 atom stereocenters. The molecule has 1 aliphatic heterocycles. The highest BCUT2D eigenvalue weighted by Gasteiger charge is 2.14. The third kappa shape index (κ3) is 7.55. The first-order chi connectivity index (χ1) is 15.0. The van der Waals surface area contributed by atoms with Gasteiger partial charge in [-0.25, -0.2) is 0 Å². The lowest BCUT2D eigenvalue weighted by Gasteiger charge is -2.22. The van der Waals surface area contributed by atoms with E-state index in [1.165, 1.54) is 24.1 Å². The number of aryl methyl sites for hydroxylation is 1. The van der Waals surface area contributed by atoms with E-state index in [2.05, 4.69) is 57.0 Å². The van der Waals surface area contributed by atoms with Crippen LogP contribution in [0.1, 0.15) is 43.4 Å². The molecule has 3 N–H and O–H groups in total. The molecule has 0 aliphatic carbocycles. The van der Waals surface area contributed by atoms with Crippen molar-refractivity contribution in [1.82, 2.24) is 10.6 Å². The molecule has 3 rings (SSSR count). The number of nitrogens with zero attached hydrogens (tertiary/aromatic N) is 2. The van der Waals surface area contributed by atoms with E-state index in [9.17, 15) is 4.79 Å². The number of halogens is 2. The number of anilines is 2. The van der Waals surface area contributed by atoms with Crippen molar-refractivity contribution in [2.45, 2.75) is 39.2 Å². The lowest BCUT2D eigenvalue weighted by atomic mass is 10.1. The predicted molar refractivity (Wildman–Crippen MR) is 146 cm³/mol. The highest BCUT2D eigenvalue weighted by molar-refractivity contribution is 14.0. The molecule has 1 unspecified atom stereocenters. The van der Waals surface area contributed by atoms with Crippen molar-refractivity contribution >= 4 is 58.8 Å². The maximum atomic E-state index is 12.3. The average Bonchev–Trinajstić information content (AvgIpc) is 3.30. The van der Waals surface area contributed by atoms with E-state index in [1.54, 1.807) is 7.05 Å². The zero-order chi connectivity index (χ0) is 22.2. The standard InChI is InChI=1S/C24H32ClN5O.HI/c1-17-9-10-22(21(25)15-17)29-23(31)11-12-27-24(26-3)28-18(2)19-7-6-8-20(16-19)30-13-4-5-14-30;/h6-10,15-16,18H,4-5,11-14H2,1-3H3,(H,29,31)(H2,26,27,28);1H. The highest BCUT2D eigenvalue weighted by Crippen LogP contribution is 2.24. The molecule has 2 aromatic carbocycles. The van der Waals surface area contributed by atoms with Crippen LogP contribution in [-0.2, 0) is 4.79 Å². The van der Waals surface area contributed by atoms with Crippen molar-refractivity contribution in [1.29, 1.82) is 0 Å². The molecule has 6 nitrogen and oxygen atoms in total. The summed E-state index contributed by atoms with van der Waals surface area (Å²) in [4.78, 5) is 19.0. The Labute approximate surface area is 213 Å². The van der Waals surface area contributed by atoms with E-state index in [-0.39, 0.29) is 35.9 Å². The van der Waals surface area contributed by atoms with Crippen molar-refractivity contribution in [2.75, 3.05) is 36.9 Å². The quantitative estimate of drug-likeness (QED) is 0.246. The molecule has 0 spiro atoms. The summed E-state index contributed by atoms with van der Waals surface area (Å²) in [5.41, 5.74) is 4.17. The molecule has 1 aliphatic rings. The Kier molecular flexibility index (Phi) is 10.6. The highest BCUT2D eigenvalue weighted by atomic mass is 127. The van der Waals surface area contributed by atoms with Gasteiger partial charge in [0.15, 0.2) is 5.96 Å². The van der Waals surface area contributed by atoms with Gasteiger partial charge in [0.1, 0.15) is 0 Å². The zero-order valence-corrected chi connectivity index (χ0v) is 22.0. The summed E-state index contributed by atoms with van der Waals surface area (Å²) >= 11 is 6.19. The number of carbonyl (C=O) groups is 1. The van der Waals surface area contributed by atoms with Crippen LogP contribution in [0.5, 0.6) is 0 Å². The Bertz CT molecular complexity index is 930. The van der Waals surface area contributed by atoms with Crippen LogP contribution in [-0.4, -0.2) is 38.5 Å². The third-order valence-corrected chi connectivity index (χ3v) is 5.77. The molecule has 0 radical (unpaired) electrons. The summed E-state index contributed by atoms with van der Waals surface area (Å²) in [6, 6.07) is 14.3. The summed E-state index contributed by atoms with van der Waals surface area (Å²) in [6.07, 6.45) is 2.83. The summed E-state index contributed by atoms with van der Waals surface area (Å²) in [5, 5.41) is 10.0. The second-order valence-corrected chi connectivity index (χ2v) is 8.34. The fourth-order valence-electron chi connectivity index (χ4n) is 3.68. The fourth-order valence-corrected chi connectivity index (χ4v) is 3.96. The van der Waals surface area contributed by atoms with Crippen molar-refractivity contribution in [3.63, 3.8) is 0 Å². The fraction of sp³-hybridized carbons (Fsp3) is 0.417. The van der Waals surface area contributed by atoms with Gasteiger partial charge in [0, 0.05) is 38.8 Å². The number of amides is 1. The van der Waals surface area contributed by atoms with E-state index < -0.39 is 0 Å². The summed E-state index contributed by atoms with van der Waals surface area (Å²) < 4.78 is 0.